The van der Waals surface area contributed by atoms with Crippen molar-refractivity contribution >= 4 is 5.69 Å². The molecule has 6 heteroatoms. The Morgan fingerprint density at radius 2 is 1.67 bits per heavy atom. The van der Waals surface area contributed by atoms with Gasteiger partial charge in [-0.3, -0.25) is 10.1 Å². The number of hydrogen-bond donors (Lipinski definition) is 0. The topological polar surface area (TPSA) is 81.8 Å². The van der Waals surface area contributed by atoms with Crippen LogP contribution >= 0.6 is 0 Å². The lowest BCUT2D eigenvalue weighted by atomic mass is 10.2. The molecular formula is C9H6N4O2. The summed E-state index contributed by atoms with van der Waals surface area (Å²) in [5.41, 5.74) is 0.774. The van der Waals surface area contributed by atoms with Crippen molar-refractivity contribution in [2.24, 2.45) is 0 Å². The average molecular weight is 202 g/mol. The van der Waals surface area contributed by atoms with Crippen molar-refractivity contribution in [3.05, 3.63) is 47.0 Å². The van der Waals surface area contributed by atoms with Gasteiger partial charge in [-0.05, 0) is 12.1 Å². The van der Waals surface area contributed by atoms with Crippen LogP contribution in [0.5, 0.6) is 0 Å². The Bertz CT molecular complexity index is 469. The summed E-state index contributed by atoms with van der Waals surface area (Å²) in [5.74, 6) is 0.500. The number of aromatic nitrogens is 3. The minimum absolute atomic E-state index is 0.0489. The Balaban J connectivity index is 2.36. The minimum atomic E-state index is -0.447. The quantitative estimate of drug-likeness (QED) is 0.543. The molecule has 2 rings (SSSR count). The van der Waals surface area contributed by atoms with Gasteiger partial charge in [0.2, 0.25) is 0 Å². The second kappa shape index (κ2) is 3.79. The Morgan fingerprint density at radius 1 is 1.07 bits per heavy atom. The molecule has 1 aromatic heterocycles. The Labute approximate surface area is 84.8 Å². The third-order valence-electron chi connectivity index (χ3n) is 1.83. The number of rotatable bonds is 2. The molecule has 15 heavy (non-hydrogen) atoms. The predicted molar refractivity (Wildman–Crippen MR) is 51.9 cm³/mol. The molecule has 0 aliphatic heterocycles. The lowest BCUT2D eigenvalue weighted by molar-refractivity contribution is -0.384. The number of benzene rings is 1. The molecule has 0 bridgehead atoms. The zero-order valence-corrected chi connectivity index (χ0v) is 7.57. The van der Waals surface area contributed by atoms with Crippen LogP contribution in [0.3, 0.4) is 0 Å². The van der Waals surface area contributed by atoms with Crippen LogP contribution in [0.2, 0.25) is 0 Å². The molecule has 1 aromatic carbocycles. The van der Waals surface area contributed by atoms with E-state index in [1.807, 2.05) is 0 Å². The molecule has 0 aliphatic rings. The number of nitrogens with zero attached hydrogens (tertiary/aromatic N) is 4. The van der Waals surface area contributed by atoms with E-state index in [0.717, 1.165) is 5.56 Å². The van der Waals surface area contributed by atoms with E-state index in [-0.39, 0.29) is 5.69 Å². The van der Waals surface area contributed by atoms with Gasteiger partial charge in [0.25, 0.3) is 5.69 Å². The second-order valence-corrected chi connectivity index (χ2v) is 2.77. The fourth-order valence-electron chi connectivity index (χ4n) is 1.12. The van der Waals surface area contributed by atoms with E-state index in [1.54, 1.807) is 12.1 Å². The third-order valence-corrected chi connectivity index (χ3v) is 1.83. The van der Waals surface area contributed by atoms with Crippen LogP contribution in [0.4, 0.5) is 5.69 Å². The summed E-state index contributed by atoms with van der Waals surface area (Å²) in [5, 5.41) is 10.4. The zero-order chi connectivity index (χ0) is 10.7. The molecule has 0 fully saturated rings. The van der Waals surface area contributed by atoms with Gasteiger partial charge < -0.3 is 0 Å². The van der Waals surface area contributed by atoms with E-state index >= 15 is 0 Å². The van der Waals surface area contributed by atoms with Crippen molar-refractivity contribution in [2.45, 2.75) is 0 Å². The Kier molecular flexibility index (Phi) is 2.32. The molecule has 0 N–H and O–H groups in total. The highest BCUT2D eigenvalue weighted by Gasteiger charge is 2.05. The number of hydrogen-bond acceptors (Lipinski definition) is 5. The van der Waals surface area contributed by atoms with E-state index < -0.39 is 4.92 Å². The molecule has 2 aromatic rings. The van der Waals surface area contributed by atoms with Gasteiger partial charge in [-0.2, -0.15) is 0 Å². The highest BCUT2D eigenvalue weighted by molar-refractivity contribution is 5.56. The van der Waals surface area contributed by atoms with Crippen molar-refractivity contribution in [2.75, 3.05) is 0 Å². The lowest BCUT2D eigenvalue weighted by Crippen LogP contribution is -1.90. The summed E-state index contributed by atoms with van der Waals surface area (Å²) in [6.07, 6.45) is 2.76. The summed E-state index contributed by atoms with van der Waals surface area (Å²) < 4.78 is 0. The molecule has 0 saturated heterocycles. The molecule has 74 valence electrons. The summed E-state index contributed by atoms with van der Waals surface area (Å²) in [6, 6.07) is 6.04. The second-order valence-electron chi connectivity index (χ2n) is 2.77. The zero-order valence-electron chi connectivity index (χ0n) is 7.57. The molecule has 1 heterocycles. The molecule has 0 amide bonds. The van der Waals surface area contributed by atoms with Gasteiger partial charge in [-0.15, -0.1) is 0 Å². The van der Waals surface area contributed by atoms with Crippen molar-refractivity contribution in [1.29, 1.82) is 0 Å². The molecule has 0 unspecified atom stereocenters. The molecule has 0 atom stereocenters. The van der Waals surface area contributed by atoms with E-state index in [9.17, 15) is 10.1 Å². The standard InChI is InChI=1S/C9H6N4O2/c14-13(15)8-3-1-7(2-4-8)9-11-5-10-6-12-9/h1-6H. The number of nitro groups is 1. The first kappa shape index (κ1) is 9.20. The van der Waals surface area contributed by atoms with Crippen LogP contribution in [-0.2, 0) is 0 Å². The predicted octanol–water partition coefficient (Wildman–Crippen LogP) is 1.45. The summed E-state index contributed by atoms with van der Waals surface area (Å²) in [7, 11) is 0. The molecular weight excluding hydrogens is 196 g/mol. The lowest BCUT2D eigenvalue weighted by Gasteiger charge is -1.97. The normalized spacial score (nSPS) is 9.87. The van der Waals surface area contributed by atoms with Gasteiger partial charge in [0.05, 0.1) is 4.92 Å². The third kappa shape index (κ3) is 1.93. The average Bonchev–Trinajstić information content (AvgIpc) is 2.30. The number of non-ortho nitro benzene ring substituents is 1. The fraction of sp³-hybridized carbons (Fsp3) is 0. The van der Waals surface area contributed by atoms with Crippen LogP contribution < -0.4 is 0 Å². The van der Waals surface area contributed by atoms with Gasteiger partial charge in [0, 0.05) is 17.7 Å². The van der Waals surface area contributed by atoms with Crippen molar-refractivity contribution in [3.63, 3.8) is 0 Å². The maximum atomic E-state index is 10.4. The van der Waals surface area contributed by atoms with Gasteiger partial charge in [0.1, 0.15) is 12.7 Å². The van der Waals surface area contributed by atoms with E-state index in [1.165, 1.54) is 24.8 Å². The van der Waals surface area contributed by atoms with Gasteiger partial charge in [0.15, 0.2) is 5.82 Å². The molecule has 0 radical (unpaired) electrons. The first-order valence-electron chi connectivity index (χ1n) is 4.14. The van der Waals surface area contributed by atoms with Crippen LogP contribution in [0.25, 0.3) is 11.4 Å². The highest BCUT2D eigenvalue weighted by Crippen LogP contribution is 2.17. The van der Waals surface area contributed by atoms with E-state index in [2.05, 4.69) is 15.0 Å². The maximum Gasteiger partial charge on any atom is 0.269 e. The number of nitro benzene ring substituents is 1. The first-order chi connectivity index (χ1) is 7.27. The van der Waals surface area contributed by atoms with Crippen LogP contribution in [0.1, 0.15) is 0 Å². The summed E-state index contributed by atoms with van der Waals surface area (Å²) in [4.78, 5) is 21.5. The Morgan fingerprint density at radius 3 is 2.20 bits per heavy atom. The van der Waals surface area contributed by atoms with Gasteiger partial charge in [-0.1, -0.05) is 0 Å². The smallest absolute Gasteiger partial charge is 0.258 e. The van der Waals surface area contributed by atoms with Crippen molar-refractivity contribution in [1.82, 2.24) is 15.0 Å². The summed E-state index contributed by atoms with van der Waals surface area (Å²) >= 11 is 0. The van der Waals surface area contributed by atoms with Gasteiger partial charge in [-0.25, -0.2) is 15.0 Å². The Hall–Kier alpha value is -2.37. The van der Waals surface area contributed by atoms with Crippen molar-refractivity contribution in [3.8, 4) is 11.4 Å². The SMILES string of the molecule is O=[N+]([O-])c1ccc(-c2ncncn2)cc1. The maximum absolute atomic E-state index is 10.4. The molecule has 0 spiro atoms. The van der Waals surface area contributed by atoms with Crippen molar-refractivity contribution < 1.29 is 4.92 Å². The summed E-state index contributed by atoms with van der Waals surface area (Å²) in [6.45, 7) is 0. The molecule has 0 aliphatic carbocycles. The van der Waals surface area contributed by atoms with Crippen LogP contribution in [-0.4, -0.2) is 19.9 Å². The van der Waals surface area contributed by atoms with Crippen LogP contribution in [0.15, 0.2) is 36.9 Å². The minimum Gasteiger partial charge on any atom is -0.258 e. The molecule has 6 nitrogen and oxygen atoms in total. The highest BCUT2D eigenvalue weighted by atomic mass is 16.6. The van der Waals surface area contributed by atoms with Gasteiger partial charge >= 0.3 is 0 Å². The van der Waals surface area contributed by atoms with E-state index in [0.29, 0.717) is 5.82 Å². The fourth-order valence-corrected chi connectivity index (χ4v) is 1.12. The molecule has 0 saturated carbocycles. The first-order valence-corrected chi connectivity index (χ1v) is 4.14. The monoisotopic (exact) mass is 202 g/mol. The van der Waals surface area contributed by atoms with E-state index in [4.69, 9.17) is 0 Å². The van der Waals surface area contributed by atoms with Crippen LogP contribution in [0, 0.1) is 10.1 Å². The largest absolute Gasteiger partial charge is 0.269 e.